The number of nitrogens with one attached hydrogen (secondary N) is 1. The predicted molar refractivity (Wildman–Crippen MR) is 89.0 cm³/mol. The Morgan fingerprint density at radius 2 is 2.10 bits per heavy atom. The quantitative estimate of drug-likeness (QED) is 0.796. The van der Waals surface area contributed by atoms with Crippen LogP contribution < -0.4 is 11.1 Å². The Kier molecular flexibility index (Phi) is 3.85. The summed E-state index contributed by atoms with van der Waals surface area (Å²) in [4.78, 5) is 0. The van der Waals surface area contributed by atoms with E-state index in [-0.39, 0.29) is 6.04 Å². The Morgan fingerprint density at radius 3 is 2.90 bits per heavy atom. The number of fused-ring (bicyclic) bond motifs is 1. The number of nitrogens with zero attached hydrogens (tertiary/aromatic N) is 1. The highest BCUT2D eigenvalue weighted by atomic mass is 79.9. The van der Waals surface area contributed by atoms with Crippen LogP contribution in [0.3, 0.4) is 0 Å². The number of nitriles is 1. The molecule has 3 rings (SSSR count). The molecule has 0 aromatic heterocycles. The first-order chi connectivity index (χ1) is 10.2. The van der Waals surface area contributed by atoms with Crippen LogP contribution in [0, 0.1) is 11.3 Å². The van der Waals surface area contributed by atoms with E-state index >= 15 is 0 Å². The van der Waals surface area contributed by atoms with Gasteiger partial charge in [0.25, 0.3) is 0 Å². The predicted octanol–water partition coefficient (Wildman–Crippen LogP) is 4.39. The lowest BCUT2D eigenvalue weighted by Gasteiger charge is -2.28. The minimum atomic E-state index is 0.239. The van der Waals surface area contributed by atoms with Crippen molar-refractivity contribution in [3.05, 3.63) is 57.6 Å². The number of anilines is 2. The molecule has 3 nitrogen and oxygen atoms in total. The van der Waals surface area contributed by atoms with Gasteiger partial charge in [0.2, 0.25) is 0 Å². The number of aryl methyl sites for hydroxylation is 1. The van der Waals surface area contributed by atoms with Crippen molar-refractivity contribution in [3.63, 3.8) is 0 Å². The van der Waals surface area contributed by atoms with Crippen LogP contribution in [0.1, 0.15) is 35.6 Å². The second-order valence-corrected chi connectivity index (χ2v) is 6.26. The van der Waals surface area contributed by atoms with Gasteiger partial charge in [-0.25, -0.2) is 0 Å². The minimum absolute atomic E-state index is 0.239. The van der Waals surface area contributed by atoms with E-state index in [1.54, 1.807) is 0 Å². The zero-order valence-corrected chi connectivity index (χ0v) is 13.2. The van der Waals surface area contributed by atoms with Crippen LogP contribution in [0.4, 0.5) is 11.4 Å². The van der Waals surface area contributed by atoms with Crippen LogP contribution in [0.25, 0.3) is 0 Å². The second-order valence-electron chi connectivity index (χ2n) is 5.35. The van der Waals surface area contributed by atoms with E-state index in [0.717, 1.165) is 35.1 Å². The molecule has 0 amide bonds. The molecule has 0 fully saturated rings. The number of hydrogen-bond acceptors (Lipinski definition) is 3. The summed E-state index contributed by atoms with van der Waals surface area (Å²) in [5.74, 6) is 0. The molecule has 1 atom stereocenters. The molecule has 1 unspecified atom stereocenters. The van der Waals surface area contributed by atoms with Crippen LogP contribution in [0.2, 0.25) is 0 Å². The molecule has 0 saturated carbocycles. The summed E-state index contributed by atoms with van der Waals surface area (Å²) in [6.07, 6.45) is 3.27. The largest absolute Gasteiger partial charge is 0.399 e. The van der Waals surface area contributed by atoms with Gasteiger partial charge in [-0.3, -0.25) is 0 Å². The fourth-order valence-electron chi connectivity index (χ4n) is 2.91. The van der Waals surface area contributed by atoms with E-state index < -0.39 is 0 Å². The highest BCUT2D eigenvalue weighted by Gasteiger charge is 2.21. The van der Waals surface area contributed by atoms with Crippen LogP contribution in [0.5, 0.6) is 0 Å². The van der Waals surface area contributed by atoms with Crippen molar-refractivity contribution < 1.29 is 0 Å². The third-order valence-electron chi connectivity index (χ3n) is 3.91. The molecule has 1 aliphatic carbocycles. The Hall–Kier alpha value is -1.99. The molecule has 0 bridgehead atoms. The lowest BCUT2D eigenvalue weighted by molar-refractivity contribution is 0.600. The molecule has 2 aromatic carbocycles. The Balaban J connectivity index is 1.92. The molecule has 2 aromatic rings. The van der Waals surface area contributed by atoms with Crippen LogP contribution >= 0.6 is 15.9 Å². The van der Waals surface area contributed by atoms with Gasteiger partial charge in [0.15, 0.2) is 0 Å². The molecule has 0 saturated heterocycles. The van der Waals surface area contributed by atoms with Crippen molar-refractivity contribution in [2.24, 2.45) is 0 Å². The Bertz CT molecular complexity index is 718. The van der Waals surface area contributed by atoms with Gasteiger partial charge in [-0.05, 0) is 60.7 Å². The maximum absolute atomic E-state index is 9.28. The van der Waals surface area contributed by atoms with E-state index in [1.165, 1.54) is 11.1 Å². The molecule has 4 heteroatoms. The molecule has 0 aliphatic heterocycles. The highest BCUT2D eigenvalue weighted by Crippen LogP contribution is 2.34. The number of benzene rings is 2. The molecule has 0 radical (unpaired) electrons. The summed E-state index contributed by atoms with van der Waals surface area (Å²) >= 11 is 3.40. The second kappa shape index (κ2) is 5.79. The molecule has 3 N–H and O–H groups in total. The van der Waals surface area contributed by atoms with Gasteiger partial charge >= 0.3 is 0 Å². The van der Waals surface area contributed by atoms with Crippen molar-refractivity contribution in [3.8, 4) is 6.07 Å². The van der Waals surface area contributed by atoms with Crippen molar-refractivity contribution in [2.75, 3.05) is 11.1 Å². The Morgan fingerprint density at radius 1 is 1.24 bits per heavy atom. The summed E-state index contributed by atoms with van der Waals surface area (Å²) in [7, 11) is 0. The Labute approximate surface area is 132 Å². The van der Waals surface area contributed by atoms with E-state index in [9.17, 15) is 5.26 Å². The van der Waals surface area contributed by atoms with Crippen molar-refractivity contribution in [1.29, 1.82) is 5.26 Å². The fraction of sp³-hybridized carbons (Fsp3) is 0.235. The van der Waals surface area contributed by atoms with Gasteiger partial charge in [-0.2, -0.15) is 5.26 Å². The maximum Gasteiger partial charge on any atom is 0.101 e. The zero-order chi connectivity index (χ0) is 14.8. The number of nitrogen functional groups attached to an aromatic ring is 1. The SMILES string of the molecule is N#Cc1cc(Br)ccc1NC1CCCc2cc(N)ccc21. The third kappa shape index (κ3) is 2.88. The maximum atomic E-state index is 9.28. The average molecular weight is 342 g/mol. The summed E-state index contributed by atoms with van der Waals surface area (Å²) in [5.41, 5.74) is 10.8. The third-order valence-corrected chi connectivity index (χ3v) is 4.41. The van der Waals surface area contributed by atoms with Crippen LogP contribution in [-0.4, -0.2) is 0 Å². The summed E-state index contributed by atoms with van der Waals surface area (Å²) < 4.78 is 0.918. The smallest absolute Gasteiger partial charge is 0.101 e. The van der Waals surface area contributed by atoms with E-state index in [1.807, 2.05) is 24.3 Å². The zero-order valence-electron chi connectivity index (χ0n) is 11.6. The number of halogens is 1. The van der Waals surface area contributed by atoms with E-state index in [2.05, 4.69) is 39.4 Å². The van der Waals surface area contributed by atoms with Gasteiger partial charge < -0.3 is 11.1 Å². The summed E-state index contributed by atoms with van der Waals surface area (Å²) in [6, 6.07) is 14.4. The number of nitrogens with two attached hydrogens (primary N) is 1. The van der Waals surface area contributed by atoms with Gasteiger partial charge in [0, 0.05) is 10.2 Å². The summed E-state index contributed by atoms with van der Waals surface area (Å²) in [6.45, 7) is 0. The monoisotopic (exact) mass is 341 g/mol. The standard InChI is InChI=1S/C17H16BrN3/c18-13-4-7-16(12(8-13)10-19)21-17-3-1-2-11-9-14(20)5-6-15(11)17/h4-9,17,21H,1-3,20H2. The fourth-order valence-corrected chi connectivity index (χ4v) is 3.27. The van der Waals surface area contributed by atoms with Crippen molar-refractivity contribution in [2.45, 2.75) is 25.3 Å². The van der Waals surface area contributed by atoms with Gasteiger partial charge in [-0.15, -0.1) is 0 Å². The van der Waals surface area contributed by atoms with Gasteiger partial charge in [-0.1, -0.05) is 22.0 Å². The normalized spacial score (nSPS) is 16.9. The first-order valence-electron chi connectivity index (χ1n) is 7.02. The number of hydrogen-bond donors (Lipinski definition) is 2. The molecular formula is C17H16BrN3. The molecular weight excluding hydrogens is 326 g/mol. The topological polar surface area (TPSA) is 61.8 Å². The minimum Gasteiger partial charge on any atom is -0.399 e. The van der Waals surface area contributed by atoms with E-state index in [0.29, 0.717) is 5.56 Å². The lowest BCUT2D eigenvalue weighted by atomic mass is 9.87. The van der Waals surface area contributed by atoms with E-state index in [4.69, 9.17) is 5.73 Å². The summed E-state index contributed by atoms with van der Waals surface area (Å²) in [5, 5.41) is 12.8. The first kappa shape index (κ1) is 14.0. The first-order valence-corrected chi connectivity index (χ1v) is 7.81. The van der Waals surface area contributed by atoms with Crippen LogP contribution in [-0.2, 0) is 6.42 Å². The van der Waals surface area contributed by atoms with Gasteiger partial charge in [0.1, 0.15) is 6.07 Å². The molecule has 0 spiro atoms. The average Bonchev–Trinajstić information content (AvgIpc) is 2.49. The van der Waals surface area contributed by atoms with Crippen molar-refractivity contribution >= 4 is 27.3 Å². The lowest BCUT2D eigenvalue weighted by Crippen LogP contribution is -2.18. The van der Waals surface area contributed by atoms with Crippen molar-refractivity contribution in [1.82, 2.24) is 0 Å². The molecule has 21 heavy (non-hydrogen) atoms. The molecule has 1 aliphatic rings. The molecule has 106 valence electrons. The number of rotatable bonds is 2. The highest BCUT2D eigenvalue weighted by molar-refractivity contribution is 9.10. The molecule has 0 heterocycles. The van der Waals surface area contributed by atoms with Crippen LogP contribution in [0.15, 0.2) is 40.9 Å². The van der Waals surface area contributed by atoms with Gasteiger partial charge in [0.05, 0.1) is 17.3 Å².